The van der Waals surface area contributed by atoms with Gasteiger partial charge in [-0.15, -0.1) is 0 Å². The highest BCUT2D eigenvalue weighted by molar-refractivity contribution is 6.76. The maximum Gasteiger partial charge on any atom is 0.439 e. The molecule has 0 atom stereocenters. The Bertz CT molecular complexity index is 1560. The summed E-state index contributed by atoms with van der Waals surface area (Å²) in [6.45, 7) is 7.59. The number of carbonyl (C=O) groups excluding carboxylic acids is 1. The highest BCUT2D eigenvalue weighted by atomic mass is 35.5. The number of ether oxygens (including phenoxy) is 2. The zero-order valence-electron chi connectivity index (χ0n) is 20.8. The van der Waals surface area contributed by atoms with Gasteiger partial charge >= 0.3 is 11.4 Å². The number of aryl methyl sites for hydroxylation is 1. The summed E-state index contributed by atoms with van der Waals surface area (Å²) < 4.78 is 19.2. The van der Waals surface area contributed by atoms with E-state index >= 15 is 0 Å². The molecular formula is C24H26Cl2N4O6Si. The number of aromatic nitrogens is 4. The van der Waals surface area contributed by atoms with Gasteiger partial charge in [0.25, 0.3) is 0 Å². The summed E-state index contributed by atoms with van der Waals surface area (Å²) in [6, 6.07) is 9.31. The molecule has 0 fully saturated rings. The molecule has 2 aromatic carbocycles. The van der Waals surface area contributed by atoms with Gasteiger partial charge in [-0.1, -0.05) is 48.0 Å². The van der Waals surface area contributed by atoms with E-state index < -0.39 is 19.6 Å². The van der Waals surface area contributed by atoms with E-state index in [0.717, 1.165) is 6.04 Å². The van der Waals surface area contributed by atoms with E-state index in [-0.39, 0.29) is 40.5 Å². The van der Waals surface area contributed by atoms with Crippen molar-refractivity contribution in [2.24, 2.45) is 7.05 Å². The van der Waals surface area contributed by atoms with Gasteiger partial charge in [0, 0.05) is 34.2 Å². The smallest absolute Gasteiger partial charge is 0.439 e. The van der Waals surface area contributed by atoms with Crippen molar-refractivity contribution < 1.29 is 18.8 Å². The second-order valence-corrected chi connectivity index (χ2v) is 16.2. The maximum absolute atomic E-state index is 12.8. The van der Waals surface area contributed by atoms with Crippen molar-refractivity contribution in [1.29, 1.82) is 0 Å². The highest BCUT2D eigenvalue weighted by Gasteiger charge is 2.18. The van der Waals surface area contributed by atoms with Gasteiger partial charge in [0.1, 0.15) is 12.5 Å². The van der Waals surface area contributed by atoms with Crippen molar-refractivity contribution in [3.05, 3.63) is 72.8 Å². The van der Waals surface area contributed by atoms with Crippen molar-refractivity contribution in [2.45, 2.75) is 38.8 Å². The molecule has 0 saturated carbocycles. The van der Waals surface area contributed by atoms with E-state index in [2.05, 4.69) is 34.3 Å². The Hall–Kier alpha value is -3.12. The lowest BCUT2D eigenvalue weighted by Gasteiger charge is -2.15. The minimum atomic E-state index is -1.23. The summed E-state index contributed by atoms with van der Waals surface area (Å²) >= 11 is 12.8. The molecule has 4 aromatic rings. The molecule has 0 aliphatic rings. The van der Waals surface area contributed by atoms with Crippen LogP contribution >= 0.6 is 23.2 Å². The van der Waals surface area contributed by atoms with Crippen LogP contribution < -0.4 is 16.2 Å². The average Bonchev–Trinajstić information content (AvgIpc) is 3.35. The standard InChI is InChI=1S/C24H26Cl2N4O6Si/c1-29-19-12-15(5-6-18(19)30(24(29)33)13-34-7-8-37(2,3)4)35-21-16(25)9-14(10-17(21)26)11-20(31)22-27-23(32)36-28-22/h5-6,9-10,12H,7-8,11,13H2,1-4H3,(H,27,28,32). The molecule has 2 heterocycles. The Morgan fingerprint density at radius 1 is 1.11 bits per heavy atom. The number of carbonyl (C=O) groups is 1. The van der Waals surface area contributed by atoms with Gasteiger partial charge in [0.15, 0.2) is 5.75 Å². The molecule has 37 heavy (non-hydrogen) atoms. The van der Waals surface area contributed by atoms with Gasteiger partial charge in [-0.25, -0.2) is 9.59 Å². The molecule has 2 aromatic heterocycles. The third-order valence-corrected chi connectivity index (χ3v) is 7.95. The van der Waals surface area contributed by atoms with Crippen LogP contribution in [0.25, 0.3) is 11.0 Å². The molecule has 4 rings (SSSR count). The number of rotatable bonds is 10. The monoisotopic (exact) mass is 564 g/mol. The summed E-state index contributed by atoms with van der Waals surface area (Å²) in [5.41, 5.74) is 1.68. The first-order valence-corrected chi connectivity index (χ1v) is 15.9. The van der Waals surface area contributed by atoms with Crippen LogP contribution in [0.4, 0.5) is 0 Å². The van der Waals surface area contributed by atoms with Crippen LogP contribution in [0.2, 0.25) is 35.7 Å². The Morgan fingerprint density at radius 3 is 2.43 bits per heavy atom. The number of Topliss-reactive ketones (excluding diaryl/α,β-unsaturated/α-hetero) is 1. The molecule has 196 valence electrons. The number of halogens is 2. The first kappa shape index (κ1) is 26.9. The number of aromatic amines is 1. The van der Waals surface area contributed by atoms with Gasteiger partial charge in [0.05, 0.1) is 21.1 Å². The summed E-state index contributed by atoms with van der Waals surface area (Å²) in [7, 11) is 0.452. The Balaban J connectivity index is 1.52. The van der Waals surface area contributed by atoms with Crippen molar-refractivity contribution in [3.63, 3.8) is 0 Å². The van der Waals surface area contributed by atoms with Crippen LogP contribution in [0.3, 0.4) is 0 Å². The largest absolute Gasteiger partial charge is 0.454 e. The molecule has 0 aliphatic carbocycles. The Kier molecular flexibility index (Phi) is 7.79. The predicted molar refractivity (Wildman–Crippen MR) is 143 cm³/mol. The lowest BCUT2D eigenvalue weighted by molar-refractivity contribution is 0.0873. The second-order valence-electron chi connectivity index (χ2n) is 9.80. The van der Waals surface area contributed by atoms with Crippen LogP contribution in [-0.4, -0.2) is 39.7 Å². The third kappa shape index (κ3) is 6.24. The number of nitrogens with zero attached hydrogens (tertiary/aromatic N) is 3. The summed E-state index contributed by atoms with van der Waals surface area (Å²) in [5, 5.41) is 3.76. The lowest BCUT2D eigenvalue weighted by Crippen LogP contribution is -2.25. The van der Waals surface area contributed by atoms with Crippen molar-refractivity contribution in [1.82, 2.24) is 19.3 Å². The normalized spacial score (nSPS) is 11.8. The predicted octanol–water partition coefficient (Wildman–Crippen LogP) is 4.85. The van der Waals surface area contributed by atoms with Crippen molar-refractivity contribution in [3.8, 4) is 11.5 Å². The second kappa shape index (κ2) is 10.7. The van der Waals surface area contributed by atoms with E-state index in [0.29, 0.717) is 29.0 Å². The number of H-pyrrole nitrogens is 1. The topological polar surface area (TPSA) is 121 Å². The molecule has 13 heteroatoms. The molecular weight excluding hydrogens is 539 g/mol. The zero-order chi connectivity index (χ0) is 26.9. The zero-order valence-corrected chi connectivity index (χ0v) is 23.3. The first-order valence-electron chi connectivity index (χ1n) is 11.4. The summed E-state index contributed by atoms with van der Waals surface area (Å²) in [5.74, 6) is -0.847. The fourth-order valence-corrected chi connectivity index (χ4v) is 5.02. The number of nitrogens with one attached hydrogen (secondary N) is 1. The van der Waals surface area contributed by atoms with Gasteiger partial charge in [-0.2, -0.15) is 0 Å². The third-order valence-electron chi connectivity index (χ3n) is 5.68. The molecule has 0 saturated heterocycles. The number of hydrogen-bond donors (Lipinski definition) is 1. The highest BCUT2D eigenvalue weighted by Crippen LogP contribution is 2.38. The van der Waals surface area contributed by atoms with Crippen LogP contribution in [0, 0.1) is 0 Å². The molecule has 0 aliphatic heterocycles. The molecule has 0 radical (unpaired) electrons. The Morgan fingerprint density at radius 2 is 1.81 bits per heavy atom. The van der Waals surface area contributed by atoms with Crippen LogP contribution in [-0.2, 0) is 24.9 Å². The van der Waals surface area contributed by atoms with E-state index in [1.54, 1.807) is 41.9 Å². The van der Waals surface area contributed by atoms with E-state index in [4.69, 9.17) is 32.7 Å². The van der Waals surface area contributed by atoms with Crippen molar-refractivity contribution >= 4 is 48.1 Å². The average molecular weight is 565 g/mol. The summed E-state index contributed by atoms with van der Waals surface area (Å²) in [4.78, 5) is 38.4. The van der Waals surface area contributed by atoms with Gasteiger partial charge in [-0.3, -0.25) is 23.4 Å². The summed E-state index contributed by atoms with van der Waals surface area (Å²) in [6.07, 6.45) is -0.107. The fourth-order valence-electron chi connectivity index (χ4n) is 3.66. The number of benzene rings is 2. The fraction of sp³-hybridized carbons (Fsp3) is 0.333. The Labute approximate surface area is 222 Å². The quantitative estimate of drug-likeness (QED) is 0.166. The number of ketones is 1. The first-order chi connectivity index (χ1) is 17.4. The van der Waals surface area contributed by atoms with Gasteiger partial charge in [-0.05, 0) is 35.9 Å². The van der Waals surface area contributed by atoms with Gasteiger partial charge < -0.3 is 9.47 Å². The molecule has 0 bridgehead atoms. The van der Waals surface area contributed by atoms with Crippen LogP contribution in [0.15, 0.2) is 44.4 Å². The van der Waals surface area contributed by atoms with E-state index in [1.165, 1.54) is 4.57 Å². The molecule has 1 N–H and O–H groups in total. The number of imidazole rings is 1. The SMILES string of the molecule is Cn1c(=O)n(COCC[Si](C)(C)C)c2ccc(Oc3c(Cl)cc(CC(=O)c4noc(=O)[nH]4)cc3Cl)cc21. The van der Waals surface area contributed by atoms with Crippen molar-refractivity contribution in [2.75, 3.05) is 6.61 Å². The van der Waals surface area contributed by atoms with Crippen LogP contribution in [0.1, 0.15) is 16.2 Å². The number of hydrogen-bond acceptors (Lipinski definition) is 7. The van der Waals surface area contributed by atoms with Crippen LogP contribution in [0.5, 0.6) is 11.5 Å². The molecule has 10 nitrogen and oxygen atoms in total. The lowest BCUT2D eigenvalue weighted by atomic mass is 10.1. The van der Waals surface area contributed by atoms with E-state index in [9.17, 15) is 14.4 Å². The number of fused-ring (bicyclic) bond motifs is 1. The minimum Gasteiger partial charge on any atom is -0.454 e. The molecule has 0 unspecified atom stereocenters. The van der Waals surface area contributed by atoms with Gasteiger partial charge in [0.2, 0.25) is 11.6 Å². The van der Waals surface area contributed by atoms with E-state index in [1.807, 2.05) is 0 Å². The molecule has 0 spiro atoms. The maximum atomic E-state index is 12.8. The molecule has 0 amide bonds. The minimum absolute atomic E-state index is 0.107.